The predicted octanol–water partition coefficient (Wildman–Crippen LogP) is 0.874. The number of benzene rings is 1. The molecule has 1 aromatic rings. The lowest BCUT2D eigenvalue weighted by Gasteiger charge is -2.14. The van der Waals surface area contributed by atoms with Gasteiger partial charge in [-0.1, -0.05) is 12.1 Å². The number of guanidine groups is 1. The number of carbonyl (C=O) groups excluding carboxylic acids is 2. The largest absolute Gasteiger partial charge is 0.383 e. The zero-order valence-corrected chi connectivity index (χ0v) is 14.2. The lowest BCUT2D eigenvalue weighted by molar-refractivity contribution is 0.0652. The second-order valence-corrected chi connectivity index (χ2v) is 5.43. The lowest BCUT2D eigenvalue weighted by atomic mass is 10.1. The number of amides is 2. The Morgan fingerprint density at radius 2 is 1.71 bits per heavy atom. The third-order valence-corrected chi connectivity index (χ3v) is 3.80. The Labute approximate surface area is 142 Å². The van der Waals surface area contributed by atoms with Crippen molar-refractivity contribution in [1.29, 1.82) is 0 Å². The van der Waals surface area contributed by atoms with Gasteiger partial charge in [0.1, 0.15) is 0 Å². The number of ether oxygens (including phenoxy) is 1. The molecule has 1 heterocycles. The molecule has 0 radical (unpaired) electrons. The molecule has 0 aromatic heterocycles. The van der Waals surface area contributed by atoms with Gasteiger partial charge in [-0.25, -0.2) is 0 Å². The summed E-state index contributed by atoms with van der Waals surface area (Å²) < 4.78 is 4.97. The number of fused-ring (bicyclic) bond motifs is 1. The second kappa shape index (κ2) is 9.02. The number of imide groups is 1. The first-order chi connectivity index (χ1) is 11.7. The van der Waals surface area contributed by atoms with Gasteiger partial charge in [0.25, 0.3) is 11.8 Å². The maximum Gasteiger partial charge on any atom is 0.261 e. The molecule has 130 valence electrons. The van der Waals surface area contributed by atoms with Crippen molar-refractivity contribution >= 4 is 17.8 Å². The number of nitrogens with zero attached hydrogens (tertiary/aromatic N) is 2. The Morgan fingerprint density at radius 1 is 1.08 bits per heavy atom. The van der Waals surface area contributed by atoms with Gasteiger partial charge in [-0.3, -0.25) is 19.5 Å². The number of carbonyl (C=O) groups is 2. The van der Waals surface area contributed by atoms with Crippen LogP contribution in [0.3, 0.4) is 0 Å². The van der Waals surface area contributed by atoms with E-state index in [0.29, 0.717) is 36.8 Å². The van der Waals surface area contributed by atoms with Crippen molar-refractivity contribution in [3.05, 3.63) is 35.4 Å². The third-order valence-electron chi connectivity index (χ3n) is 3.80. The summed E-state index contributed by atoms with van der Waals surface area (Å²) in [5.74, 6) is 0.328. The van der Waals surface area contributed by atoms with Gasteiger partial charge < -0.3 is 15.4 Å². The summed E-state index contributed by atoms with van der Waals surface area (Å²) in [6.45, 7) is 2.45. The number of rotatable bonds is 8. The lowest BCUT2D eigenvalue weighted by Crippen LogP contribution is -2.39. The molecule has 0 fully saturated rings. The minimum Gasteiger partial charge on any atom is -0.383 e. The second-order valence-electron chi connectivity index (χ2n) is 5.43. The molecule has 1 aliphatic rings. The monoisotopic (exact) mass is 332 g/mol. The van der Waals surface area contributed by atoms with Gasteiger partial charge in [0.05, 0.1) is 17.7 Å². The number of hydrogen-bond donors (Lipinski definition) is 2. The third kappa shape index (κ3) is 4.32. The Kier molecular flexibility index (Phi) is 6.74. The van der Waals surface area contributed by atoms with Crippen LogP contribution >= 0.6 is 0 Å². The Balaban J connectivity index is 1.70. The number of hydrogen-bond acceptors (Lipinski definition) is 4. The van der Waals surface area contributed by atoms with Crippen LogP contribution in [0.1, 0.15) is 33.6 Å². The first-order valence-corrected chi connectivity index (χ1v) is 8.07. The van der Waals surface area contributed by atoms with Crippen LogP contribution in [0.4, 0.5) is 0 Å². The summed E-state index contributed by atoms with van der Waals surface area (Å²) >= 11 is 0. The van der Waals surface area contributed by atoms with E-state index in [-0.39, 0.29) is 11.8 Å². The first kappa shape index (κ1) is 17.9. The van der Waals surface area contributed by atoms with Crippen LogP contribution in [0, 0.1) is 0 Å². The van der Waals surface area contributed by atoms with E-state index in [1.807, 2.05) is 0 Å². The molecule has 1 aromatic carbocycles. The molecule has 24 heavy (non-hydrogen) atoms. The highest BCUT2D eigenvalue weighted by Gasteiger charge is 2.34. The number of methoxy groups -OCH3 is 1. The molecule has 1 aliphatic heterocycles. The van der Waals surface area contributed by atoms with Crippen molar-refractivity contribution < 1.29 is 14.3 Å². The summed E-state index contributed by atoms with van der Waals surface area (Å²) in [4.78, 5) is 29.9. The van der Waals surface area contributed by atoms with Crippen molar-refractivity contribution in [1.82, 2.24) is 15.5 Å². The molecule has 0 unspecified atom stereocenters. The topological polar surface area (TPSA) is 83.0 Å². The van der Waals surface area contributed by atoms with Crippen molar-refractivity contribution in [2.24, 2.45) is 4.99 Å². The average Bonchev–Trinajstić information content (AvgIpc) is 2.85. The zero-order valence-electron chi connectivity index (χ0n) is 14.2. The Bertz CT molecular complexity index is 581. The molecular formula is C17H24N4O3. The van der Waals surface area contributed by atoms with Crippen molar-refractivity contribution in [3.8, 4) is 0 Å². The number of aliphatic imine (C=N–C) groups is 1. The van der Waals surface area contributed by atoms with E-state index in [9.17, 15) is 9.59 Å². The Hall–Kier alpha value is -2.41. The Morgan fingerprint density at radius 3 is 2.29 bits per heavy atom. The molecule has 0 spiro atoms. The summed E-state index contributed by atoms with van der Waals surface area (Å²) in [5.41, 5.74) is 1.01. The maximum atomic E-state index is 12.2. The van der Waals surface area contributed by atoms with E-state index in [2.05, 4.69) is 15.6 Å². The van der Waals surface area contributed by atoms with Crippen molar-refractivity contribution in [2.45, 2.75) is 12.8 Å². The summed E-state index contributed by atoms with van der Waals surface area (Å²) in [7, 11) is 3.36. The van der Waals surface area contributed by atoms with Crippen LogP contribution in [0.5, 0.6) is 0 Å². The van der Waals surface area contributed by atoms with Crippen LogP contribution in [-0.2, 0) is 4.74 Å². The number of nitrogens with one attached hydrogen (secondary N) is 2. The van der Waals surface area contributed by atoms with E-state index in [1.165, 1.54) is 4.90 Å². The van der Waals surface area contributed by atoms with E-state index in [0.717, 1.165) is 19.4 Å². The first-order valence-electron chi connectivity index (χ1n) is 8.07. The minimum atomic E-state index is -0.194. The van der Waals surface area contributed by atoms with Crippen LogP contribution in [0.15, 0.2) is 29.3 Å². The molecule has 2 N–H and O–H groups in total. The summed E-state index contributed by atoms with van der Waals surface area (Å²) in [5, 5.41) is 6.31. The molecule has 0 aliphatic carbocycles. The standard InChI is InChI=1S/C17H24N4O3/c1-18-17(20-10-12-24-2)19-9-5-6-11-21-15(22)13-7-3-4-8-14(13)16(21)23/h3-4,7-8H,5-6,9-12H2,1-2H3,(H2,18,19,20). The van der Waals surface area contributed by atoms with Crippen LogP contribution in [0.2, 0.25) is 0 Å². The van der Waals surface area contributed by atoms with Crippen LogP contribution < -0.4 is 10.6 Å². The zero-order chi connectivity index (χ0) is 17.4. The SMILES string of the molecule is CN=C(NCCCCN1C(=O)c2ccccc2C1=O)NCCOC. The molecule has 0 atom stereocenters. The highest BCUT2D eigenvalue weighted by atomic mass is 16.5. The van der Waals surface area contributed by atoms with E-state index >= 15 is 0 Å². The van der Waals surface area contributed by atoms with E-state index in [4.69, 9.17) is 4.74 Å². The molecule has 0 saturated heterocycles. The van der Waals surface area contributed by atoms with Gasteiger partial charge in [-0.05, 0) is 25.0 Å². The van der Waals surface area contributed by atoms with Gasteiger partial charge in [-0.2, -0.15) is 0 Å². The van der Waals surface area contributed by atoms with Gasteiger partial charge in [0.15, 0.2) is 5.96 Å². The van der Waals surface area contributed by atoms with Crippen LogP contribution in [-0.4, -0.2) is 63.1 Å². The molecular weight excluding hydrogens is 308 g/mol. The minimum absolute atomic E-state index is 0.194. The van der Waals surface area contributed by atoms with Gasteiger partial charge >= 0.3 is 0 Å². The van der Waals surface area contributed by atoms with Gasteiger partial charge in [0, 0.05) is 33.8 Å². The highest BCUT2D eigenvalue weighted by molar-refractivity contribution is 6.21. The number of unbranched alkanes of at least 4 members (excludes halogenated alkanes) is 1. The maximum absolute atomic E-state index is 12.2. The smallest absolute Gasteiger partial charge is 0.261 e. The molecule has 7 heteroatoms. The molecule has 0 saturated carbocycles. The quantitative estimate of drug-likeness (QED) is 0.319. The highest BCUT2D eigenvalue weighted by Crippen LogP contribution is 2.22. The predicted molar refractivity (Wildman–Crippen MR) is 92.3 cm³/mol. The fourth-order valence-corrected chi connectivity index (χ4v) is 2.54. The summed E-state index contributed by atoms with van der Waals surface area (Å²) in [6.07, 6.45) is 1.58. The molecule has 2 rings (SSSR count). The fraction of sp³-hybridized carbons (Fsp3) is 0.471. The summed E-state index contributed by atoms with van der Waals surface area (Å²) in [6, 6.07) is 6.96. The van der Waals surface area contributed by atoms with Crippen LogP contribution in [0.25, 0.3) is 0 Å². The van der Waals surface area contributed by atoms with Crippen molar-refractivity contribution in [3.63, 3.8) is 0 Å². The normalized spacial score (nSPS) is 14.1. The van der Waals surface area contributed by atoms with Gasteiger partial charge in [-0.15, -0.1) is 0 Å². The molecule has 0 bridgehead atoms. The van der Waals surface area contributed by atoms with E-state index < -0.39 is 0 Å². The van der Waals surface area contributed by atoms with E-state index in [1.54, 1.807) is 38.4 Å². The van der Waals surface area contributed by atoms with Crippen molar-refractivity contribution in [2.75, 3.05) is 40.4 Å². The molecule has 2 amide bonds. The van der Waals surface area contributed by atoms with Gasteiger partial charge in [0.2, 0.25) is 0 Å². The molecule has 7 nitrogen and oxygen atoms in total. The average molecular weight is 332 g/mol. The fourth-order valence-electron chi connectivity index (χ4n) is 2.54.